The first-order valence-corrected chi connectivity index (χ1v) is 7.04. The second kappa shape index (κ2) is 6.13. The molecule has 3 rings (SSSR count). The summed E-state index contributed by atoms with van der Waals surface area (Å²) in [6.07, 6.45) is 3.09. The molecule has 0 aliphatic heterocycles. The molecule has 1 N–H and O–H groups in total. The van der Waals surface area contributed by atoms with Gasteiger partial charge in [0.2, 0.25) is 5.89 Å². The van der Waals surface area contributed by atoms with Crippen LogP contribution in [-0.4, -0.2) is 30.4 Å². The van der Waals surface area contributed by atoms with Crippen LogP contribution < -0.4 is 14.8 Å². The second-order valence-corrected chi connectivity index (χ2v) is 5.13. The zero-order valence-corrected chi connectivity index (χ0v) is 12.3. The van der Waals surface area contributed by atoms with E-state index < -0.39 is 0 Å². The predicted molar refractivity (Wildman–Crippen MR) is 76.5 cm³/mol. The first kappa shape index (κ1) is 13.9. The van der Waals surface area contributed by atoms with Gasteiger partial charge < -0.3 is 19.3 Å². The van der Waals surface area contributed by atoms with E-state index in [-0.39, 0.29) is 0 Å². The number of aromatic nitrogens is 2. The molecule has 6 nitrogen and oxygen atoms in total. The number of rotatable bonds is 7. The molecule has 6 heteroatoms. The fourth-order valence-corrected chi connectivity index (χ4v) is 2.13. The number of hydrogen-bond acceptors (Lipinski definition) is 6. The van der Waals surface area contributed by atoms with Gasteiger partial charge in [-0.2, -0.15) is 4.98 Å². The van der Waals surface area contributed by atoms with Gasteiger partial charge in [-0.1, -0.05) is 11.2 Å². The van der Waals surface area contributed by atoms with Crippen molar-refractivity contribution in [2.24, 2.45) is 0 Å². The first-order chi connectivity index (χ1) is 10.3. The van der Waals surface area contributed by atoms with Crippen LogP contribution in [0.3, 0.4) is 0 Å². The lowest BCUT2D eigenvalue weighted by Crippen LogP contribution is -2.15. The van der Waals surface area contributed by atoms with E-state index in [0.29, 0.717) is 42.2 Å². The maximum atomic E-state index is 5.29. The summed E-state index contributed by atoms with van der Waals surface area (Å²) in [5, 5.41) is 7.36. The molecule has 0 bridgehead atoms. The molecule has 1 fully saturated rings. The Hall–Kier alpha value is -2.08. The SMILES string of the molecule is COc1ccc(Cc2noc(CNC3CC3)n2)cc1OC. The van der Waals surface area contributed by atoms with E-state index in [1.54, 1.807) is 14.2 Å². The molecule has 1 aliphatic rings. The van der Waals surface area contributed by atoms with Gasteiger partial charge in [0.15, 0.2) is 17.3 Å². The molecule has 0 spiro atoms. The number of methoxy groups -OCH3 is 2. The quantitative estimate of drug-likeness (QED) is 0.840. The fourth-order valence-electron chi connectivity index (χ4n) is 2.13. The van der Waals surface area contributed by atoms with Crippen LogP contribution >= 0.6 is 0 Å². The first-order valence-electron chi connectivity index (χ1n) is 7.04. The van der Waals surface area contributed by atoms with Crippen LogP contribution in [0.25, 0.3) is 0 Å². The lowest BCUT2D eigenvalue weighted by Gasteiger charge is -2.08. The predicted octanol–water partition coefficient (Wildman–Crippen LogP) is 1.93. The van der Waals surface area contributed by atoms with E-state index in [2.05, 4.69) is 15.5 Å². The van der Waals surface area contributed by atoms with Crippen molar-refractivity contribution in [3.05, 3.63) is 35.5 Å². The third-order valence-corrected chi connectivity index (χ3v) is 3.44. The van der Waals surface area contributed by atoms with Crippen LogP contribution in [0, 0.1) is 0 Å². The minimum absolute atomic E-state index is 0.604. The van der Waals surface area contributed by atoms with Crippen molar-refractivity contribution in [1.29, 1.82) is 0 Å². The maximum absolute atomic E-state index is 5.29. The Bertz CT molecular complexity index is 608. The number of benzene rings is 1. The molecular weight excluding hydrogens is 270 g/mol. The Kier molecular flexibility index (Phi) is 4.06. The summed E-state index contributed by atoms with van der Waals surface area (Å²) in [6, 6.07) is 6.41. The molecule has 0 saturated heterocycles. The van der Waals surface area contributed by atoms with Gasteiger partial charge in [0.05, 0.1) is 20.8 Å². The molecule has 0 unspecified atom stereocenters. The molecule has 0 amide bonds. The molecular formula is C15H19N3O3. The molecule has 0 radical (unpaired) electrons. The Morgan fingerprint density at radius 3 is 2.76 bits per heavy atom. The number of nitrogens with one attached hydrogen (secondary N) is 1. The van der Waals surface area contributed by atoms with Crippen LogP contribution in [0.4, 0.5) is 0 Å². The molecule has 1 heterocycles. The summed E-state index contributed by atoms with van der Waals surface area (Å²) < 4.78 is 15.8. The van der Waals surface area contributed by atoms with E-state index in [4.69, 9.17) is 14.0 Å². The third-order valence-electron chi connectivity index (χ3n) is 3.44. The topological polar surface area (TPSA) is 69.4 Å². The normalized spacial score (nSPS) is 14.2. The average molecular weight is 289 g/mol. The summed E-state index contributed by atoms with van der Waals surface area (Å²) in [7, 11) is 3.24. The van der Waals surface area contributed by atoms with Crippen LogP contribution in [0.1, 0.15) is 30.1 Å². The Morgan fingerprint density at radius 1 is 1.24 bits per heavy atom. The molecule has 1 aromatic carbocycles. The number of ether oxygens (including phenoxy) is 2. The Balaban J connectivity index is 1.65. The van der Waals surface area contributed by atoms with E-state index in [0.717, 1.165) is 5.56 Å². The van der Waals surface area contributed by atoms with Crippen molar-refractivity contribution in [1.82, 2.24) is 15.5 Å². The standard InChI is InChI=1S/C15H19N3O3/c1-19-12-6-3-10(7-13(12)20-2)8-14-17-15(21-18-14)9-16-11-4-5-11/h3,6-7,11,16H,4-5,8-9H2,1-2H3. The summed E-state index contributed by atoms with van der Waals surface area (Å²) in [5.74, 6) is 2.73. The highest BCUT2D eigenvalue weighted by Crippen LogP contribution is 2.28. The van der Waals surface area contributed by atoms with Gasteiger partial charge in [-0.25, -0.2) is 0 Å². The molecule has 2 aromatic rings. The van der Waals surface area contributed by atoms with Gasteiger partial charge in [-0.05, 0) is 30.5 Å². The molecule has 1 aliphatic carbocycles. The largest absolute Gasteiger partial charge is 0.493 e. The minimum atomic E-state index is 0.604. The Labute approximate surface area is 123 Å². The van der Waals surface area contributed by atoms with Crippen molar-refractivity contribution in [3.8, 4) is 11.5 Å². The highest BCUT2D eigenvalue weighted by atomic mass is 16.5. The lowest BCUT2D eigenvalue weighted by molar-refractivity contribution is 0.354. The molecule has 0 atom stereocenters. The highest BCUT2D eigenvalue weighted by Gasteiger charge is 2.21. The van der Waals surface area contributed by atoms with E-state index in [9.17, 15) is 0 Å². The van der Waals surface area contributed by atoms with Crippen LogP contribution in [0.15, 0.2) is 22.7 Å². The van der Waals surface area contributed by atoms with Crippen molar-refractivity contribution >= 4 is 0 Å². The van der Waals surface area contributed by atoms with Crippen molar-refractivity contribution in [2.75, 3.05) is 14.2 Å². The van der Waals surface area contributed by atoms with Gasteiger partial charge >= 0.3 is 0 Å². The lowest BCUT2D eigenvalue weighted by atomic mass is 10.1. The summed E-state index contributed by atoms with van der Waals surface area (Å²) >= 11 is 0. The average Bonchev–Trinajstić information content (AvgIpc) is 3.24. The van der Waals surface area contributed by atoms with E-state index >= 15 is 0 Å². The van der Waals surface area contributed by atoms with Gasteiger partial charge in [-0.15, -0.1) is 0 Å². The molecule has 21 heavy (non-hydrogen) atoms. The number of hydrogen-bond donors (Lipinski definition) is 1. The van der Waals surface area contributed by atoms with Crippen molar-refractivity contribution in [2.45, 2.75) is 31.8 Å². The summed E-state index contributed by atoms with van der Waals surface area (Å²) in [6.45, 7) is 0.642. The zero-order chi connectivity index (χ0) is 14.7. The van der Waals surface area contributed by atoms with Crippen LogP contribution in [0.5, 0.6) is 11.5 Å². The highest BCUT2D eigenvalue weighted by molar-refractivity contribution is 5.43. The molecule has 1 saturated carbocycles. The number of nitrogens with zero attached hydrogens (tertiary/aromatic N) is 2. The smallest absolute Gasteiger partial charge is 0.240 e. The van der Waals surface area contributed by atoms with E-state index in [1.807, 2.05) is 18.2 Å². The monoisotopic (exact) mass is 289 g/mol. The zero-order valence-electron chi connectivity index (χ0n) is 12.3. The van der Waals surface area contributed by atoms with Crippen molar-refractivity contribution in [3.63, 3.8) is 0 Å². The van der Waals surface area contributed by atoms with Crippen molar-refractivity contribution < 1.29 is 14.0 Å². The van der Waals surface area contributed by atoms with Crippen LogP contribution in [0.2, 0.25) is 0 Å². The molecule has 112 valence electrons. The summed E-state index contributed by atoms with van der Waals surface area (Å²) in [4.78, 5) is 4.39. The maximum Gasteiger partial charge on any atom is 0.240 e. The minimum Gasteiger partial charge on any atom is -0.493 e. The van der Waals surface area contributed by atoms with Gasteiger partial charge in [-0.3, -0.25) is 0 Å². The van der Waals surface area contributed by atoms with Gasteiger partial charge in [0, 0.05) is 12.5 Å². The van der Waals surface area contributed by atoms with Crippen LogP contribution in [-0.2, 0) is 13.0 Å². The van der Waals surface area contributed by atoms with E-state index in [1.165, 1.54) is 12.8 Å². The second-order valence-electron chi connectivity index (χ2n) is 5.13. The Morgan fingerprint density at radius 2 is 2.05 bits per heavy atom. The fraction of sp³-hybridized carbons (Fsp3) is 0.467. The van der Waals surface area contributed by atoms with Gasteiger partial charge in [0.25, 0.3) is 0 Å². The third kappa shape index (κ3) is 3.52. The van der Waals surface area contributed by atoms with Gasteiger partial charge in [0.1, 0.15) is 0 Å². The summed E-state index contributed by atoms with van der Waals surface area (Å²) in [5.41, 5.74) is 1.05. The molecule has 1 aromatic heterocycles.